The molecule has 0 aliphatic rings. The summed E-state index contributed by atoms with van der Waals surface area (Å²) in [5, 5.41) is 7.46. The zero-order valence-electron chi connectivity index (χ0n) is 9.85. The maximum absolute atomic E-state index is 12.8. The zero-order valence-corrected chi connectivity index (χ0v) is 9.85. The molecular formula is C11H11F2N3O2. The maximum atomic E-state index is 12.8. The Labute approximate surface area is 101 Å². The highest BCUT2D eigenvalue weighted by Crippen LogP contribution is 2.23. The first-order valence-electron chi connectivity index (χ1n) is 5.36. The summed E-state index contributed by atoms with van der Waals surface area (Å²) in [6.45, 7) is 3.41. The molecule has 0 saturated heterocycles. The number of carbonyl (C=O) groups excluding carboxylic acids is 1. The summed E-state index contributed by atoms with van der Waals surface area (Å²) in [4.78, 5) is 11.7. The summed E-state index contributed by atoms with van der Waals surface area (Å²) in [6.07, 6.45) is -2.67. The van der Waals surface area contributed by atoms with E-state index in [2.05, 4.69) is 10.2 Å². The first kappa shape index (κ1) is 12.4. The van der Waals surface area contributed by atoms with Gasteiger partial charge in [0, 0.05) is 0 Å². The molecule has 0 unspecified atom stereocenters. The summed E-state index contributed by atoms with van der Waals surface area (Å²) in [6, 6.07) is 2.46. The number of ether oxygens (including phenoxy) is 1. The topological polar surface area (TPSA) is 56.5 Å². The molecule has 2 heterocycles. The fraction of sp³-hybridized carbons (Fsp3) is 0.364. The lowest BCUT2D eigenvalue weighted by Crippen LogP contribution is -2.09. The highest BCUT2D eigenvalue weighted by molar-refractivity contribution is 5.95. The molecule has 0 radical (unpaired) electrons. The average Bonchev–Trinajstić information content (AvgIpc) is 2.71. The standard InChI is InChI=1S/C11H11F2N3O2/c1-3-18-11(17)7-4-5-8(9(12)13)16-6(2)14-15-10(7)16/h4-5,9H,3H2,1-2H3. The number of aromatic nitrogens is 3. The molecule has 2 rings (SSSR count). The number of alkyl halides is 2. The van der Waals surface area contributed by atoms with E-state index in [0.717, 1.165) is 4.40 Å². The van der Waals surface area contributed by atoms with Gasteiger partial charge in [-0.25, -0.2) is 13.6 Å². The van der Waals surface area contributed by atoms with Gasteiger partial charge < -0.3 is 4.74 Å². The monoisotopic (exact) mass is 255 g/mol. The third-order valence-electron chi connectivity index (χ3n) is 2.46. The normalized spacial score (nSPS) is 11.2. The first-order valence-corrected chi connectivity index (χ1v) is 5.36. The van der Waals surface area contributed by atoms with Gasteiger partial charge in [-0.3, -0.25) is 4.40 Å². The summed E-state index contributed by atoms with van der Waals surface area (Å²) in [7, 11) is 0. The van der Waals surface area contributed by atoms with Crippen molar-refractivity contribution in [1.82, 2.24) is 14.6 Å². The SMILES string of the molecule is CCOC(=O)c1ccc(C(F)F)n2c(C)nnc12. The summed E-state index contributed by atoms with van der Waals surface area (Å²) >= 11 is 0. The van der Waals surface area contributed by atoms with Crippen LogP contribution in [0.15, 0.2) is 12.1 Å². The van der Waals surface area contributed by atoms with Gasteiger partial charge in [-0.05, 0) is 26.0 Å². The van der Waals surface area contributed by atoms with Gasteiger partial charge in [-0.1, -0.05) is 0 Å². The van der Waals surface area contributed by atoms with Crippen LogP contribution in [0.1, 0.15) is 35.2 Å². The van der Waals surface area contributed by atoms with Crippen LogP contribution in [0.5, 0.6) is 0 Å². The molecule has 0 aliphatic carbocycles. The van der Waals surface area contributed by atoms with Crippen molar-refractivity contribution < 1.29 is 18.3 Å². The lowest BCUT2D eigenvalue weighted by molar-refractivity contribution is 0.0527. The minimum Gasteiger partial charge on any atom is -0.462 e. The number of fused-ring (bicyclic) bond motifs is 1. The van der Waals surface area contributed by atoms with Crippen molar-refractivity contribution in [3.8, 4) is 0 Å². The second-order valence-corrected chi connectivity index (χ2v) is 3.60. The Balaban J connectivity index is 2.66. The number of hydrogen-bond donors (Lipinski definition) is 0. The van der Waals surface area contributed by atoms with Crippen molar-refractivity contribution in [2.45, 2.75) is 20.3 Å². The van der Waals surface area contributed by atoms with E-state index in [1.54, 1.807) is 13.8 Å². The van der Waals surface area contributed by atoms with E-state index in [-0.39, 0.29) is 23.5 Å². The van der Waals surface area contributed by atoms with E-state index < -0.39 is 12.4 Å². The second-order valence-electron chi connectivity index (χ2n) is 3.60. The van der Waals surface area contributed by atoms with Crippen molar-refractivity contribution in [1.29, 1.82) is 0 Å². The lowest BCUT2D eigenvalue weighted by atomic mass is 10.2. The number of rotatable bonds is 3. The van der Waals surface area contributed by atoms with E-state index in [0.29, 0.717) is 5.82 Å². The van der Waals surface area contributed by atoms with Gasteiger partial charge in [-0.15, -0.1) is 10.2 Å². The molecule has 0 atom stereocenters. The number of hydrogen-bond acceptors (Lipinski definition) is 4. The minimum absolute atomic E-state index is 0.0868. The molecule has 0 spiro atoms. The quantitative estimate of drug-likeness (QED) is 0.788. The van der Waals surface area contributed by atoms with Gasteiger partial charge in [0.05, 0.1) is 12.3 Å². The third kappa shape index (κ3) is 1.92. The number of carbonyl (C=O) groups is 1. The number of aryl methyl sites for hydroxylation is 1. The predicted molar refractivity (Wildman–Crippen MR) is 58.6 cm³/mol. The fourth-order valence-corrected chi connectivity index (χ4v) is 1.70. The number of nitrogens with zero attached hydrogens (tertiary/aromatic N) is 3. The summed E-state index contributed by atoms with van der Waals surface area (Å²) < 4.78 is 31.7. The largest absolute Gasteiger partial charge is 0.462 e. The van der Waals surface area contributed by atoms with Crippen LogP contribution < -0.4 is 0 Å². The average molecular weight is 255 g/mol. The maximum Gasteiger partial charge on any atom is 0.341 e. The van der Waals surface area contributed by atoms with Crippen LogP contribution in [0.3, 0.4) is 0 Å². The van der Waals surface area contributed by atoms with Crippen molar-refractivity contribution in [2.75, 3.05) is 6.61 Å². The molecule has 0 aliphatic heterocycles. The Hall–Kier alpha value is -2.05. The molecule has 5 nitrogen and oxygen atoms in total. The molecule has 0 saturated carbocycles. The van der Waals surface area contributed by atoms with Gasteiger partial charge in [0.1, 0.15) is 11.4 Å². The van der Waals surface area contributed by atoms with E-state index >= 15 is 0 Å². The Kier molecular flexibility index (Phi) is 3.22. The predicted octanol–water partition coefficient (Wildman–Crippen LogP) is 2.15. The van der Waals surface area contributed by atoms with E-state index in [4.69, 9.17) is 4.74 Å². The molecular weight excluding hydrogens is 244 g/mol. The zero-order chi connectivity index (χ0) is 13.3. The molecule has 96 valence electrons. The molecule has 0 bridgehead atoms. The molecule has 0 N–H and O–H groups in total. The van der Waals surface area contributed by atoms with Crippen LogP contribution in [-0.4, -0.2) is 27.2 Å². The van der Waals surface area contributed by atoms with Gasteiger partial charge in [-0.2, -0.15) is 0 Å². The van der Waals surface area contributed by atoms with Gasteiger partial charge in [0.2, 0.25) is 0 Å². The highest BCUT2D eigenvalue weighted by atomic mass is 19.3. The molecule has 7 heteroatoms. The molecule has 0 fully saturated rings. The Bertz CT molecular complexity index is 595. The van der Waals surface area contributed by atoms with Crippen LogP contribution in [0, 0.1) is 6.92 Å². The smallest absolute Gasteiger partial charge is 0.341 e. The number of pyridine rings is 1. The van der Waals surface area contributed by atoms with Crippen molar-refractivity contribution in [2.24, 2.45) is 0 Å². The minimum atomic E-state index is -2.67. The van der Waals surface area contributed by atoms with Gasteiger partial charge in [0.15, 0.2) is 5.65 Å². The number of halogens is 2. The van der Waals surface area contributed by atoms with Crippen LogP contribution in [0.4, 0.5) is 8.78 Å². The van der Waals surface area contributed by atoms with E-state index in [1.165, 1.54) is 12.1 Å². The summed E-state index contributed by atoms with van der Waals surface area (Å²) in [5.74, 6) is -0.304. The molecule has 2 aromatic heterocycles. The van der Waals surface area contributed by atoms with Gasteiger partial charge >= 0.3 is 5.97 Å². The Morgan fingerprint density at radius 2 is 2.17 bits per heavy atom. The number of esters is 1. The first-order chi connectivity index (χ1) is 8.56. The van der Waals surface area contributed by atoms with Crippen LogP contribution in [0.2, 0.25) is 0 Å². The van der Waals surface area contributed by atoms with E-state index in [1.807, 2.05) is 0 Å². The molecule has 2 aromatic rings. The fourth-order valence-electron chi connectivity index (χ4n) is 1.70. The van der Waals surface area contributed by atoms with Crippen LogP contribution >= 0.6 is 0 Å². The molecule has 18 heavy (non-hydrogen) atoms. The van der Waals surface area contributed by atoms with Crippen LogP contribution in [0.25, 0.3) is 5.65 Å². The molecule has 0 aromatic carbocycles. The lowest BCUT2D eigenvalue weighted by Gasteiger charge is -2.08. The third-order valence-corrected chi connectivity index (χ3v) is 2.46. The summed E-state index contributed by atoms with van der Waals surface area (Å²) in [5.41, 5.74) is -0.0360. The Morgan fingerprint density at radius 3 is 2.78 bits per heavy atom. The van der Waals surface area contributed by atoms with Crippen molar-refractivity contribution in [3.63, 3.8) is 0 Å². The van der Waals surface area contributed by atoms with Crippen molar-refractivity contribution in [3.05, 3.63) is 29.2 Å². The van der Waals surface area contributed by atoms with Crippen LogP contribution in [-0.2, 0) is 4.74 Å². The second kappa shape index (κ2) is 4.67. The van der Waals surface area contributed by atoms with E-state index in [9.17, 15) is 13.6 Å². The molecule has 0 amide bonds. The Morgan fingerprint density at radius 1 is 1.44 bits per heavy atom. The van der Waals surface area contributed by atoms with Crippen molar-refractivity contribution >= 4 is 11.6 Å². The highest BCUT2D eigenvalue weighted by Gasteiger charge is 2.20. The van der Waals surface area contributed by atoms with Gasteiger partial charge in [0.25, 0.3) is 6.43 Å².